The third-order valence-electron chi connectivity index (χ3n) is 3.10. The minimum atomic E-state index is -0.576. The lowest BCUT2D eigenvalue weighted by Crippen LogP contribution is -2.28. The summed E-state index contributed by atoms with van der Waals surface area (Å²) in [5.41, 5.74) is 8.21. The van der Waals surface area contributed by atoms with Crippen LogP contribution in [0.3, 0.4) is 0 Å². The molecule has 0 aromatic heterocycles. The maximum absolute atomic E-state index is 12.2. The average Bonchev–Trinajstić information content (AvgIpc) is 2.49. The number of hydrogen-bond acceptors (Lipinski definition) is 2. The van der Waals surface area contributed by atoms with Crippen LogP contribution in [0.5, 0.6) is 0 Å². The van der Waals surface area contributed by atoms with Gasteiger partial charge < -0.3 is 16.4 Å². The molecule has 0 aliphatic heterocycles. The molecule has 0 heterocycles. The van der Waals surface area contributed by atoms with Crippen molar-refractivity contribution >= 4 is 33.6 Å². The Bertz CT molecular complexity index is 699. The van der Waals surface area contributed by atoms with Crippen LogP contribution in [-0.2, 0) is 6.54 Å². The largest absolute Gasteiger partial charge is 0.352 e. The minimum Gasteiger partial charge on any atom is -0.352 e. The van der Waals surface area contributed by atoms with E-state index in [1.807, 2.05) is 25.1 Å². The van der Waals surface area contributed by atoms with Gasteiger partial charge in [-0.05, 0) is 48.4 Å². The number of halogens is 1. The SMILES string of the molecule is Cc1cc(NC(=O)c2ccc(CNC(N)=O)cc2)ccc1Br. The molecule has 0 bridgehead atoms. The van der Waals surface area contributed by atoms with Crippen molar-refractivity contribution in [3.05, 3.63) is 63.6 Å². The van der Waals surface area contributed by atoms with Crippen LogP contribution in [0, 0.1) is 6.92 Å². The molecule has 2 aromatic carbocycles. The first-order chi connectivity index (χ1) is 10.5. The first-order valence-corrected chi connectivity index (χ1v) is 7.45. The molecule has 0 aliphatic rings. The Balaban J connectivity index is 2.03. The second kappa shape index (κ2) is 7.09. The van der Waals surface area contributed by atoms with Crippen molar-refractivity contribution in [2.24, 2.45) is 5.73 Å². The molecule has 0 aliphatic carbocycles. The number of amides is 3. The normalized spacial score (nSPS) is 10.1. The number of nitrogens with one attached hydrogen (secondary N) is 2. The van der Waals surface area contributed by atoms with Crippen molar-refractivity contribution < 1.29 is 9.59 Å². The van der Waals surface area contributed by atoms with Crippen LogP contribution in [-0.4, -0.2) is 11.9 Å². The Hall–Kier alpha value is -2.34. The Morgan fingerprint density at radius 3 is 2.41 bits per heavy atom. The zero-order valence-electron chi connectivity index (χ0n) is 12.0. The first kappa shape index (κ1) is 16.0. The lowest BCUT2D eigenvalue weighted by Gasteiger charge is -2.08. The summed E-state index contributed by atoms with van der Waals surface area (Å²) in [4.78, 5) is 22.8. The summed E-state index contributed by atoms with van der Waals surface area (Å²) in [6, 6.07) is 12.0. The summed E-state index contributed by atoms with van der Waals surface area (Å²) in [5.74, 6) is -0.184. The molecule has 0 saturated carbocycles. The quantitative estimate of drug-likeness (QED) is 0.781. The van der Waals surface area contributed by atoms with E-state index < -0.39 is 6.03 Å². The van der Waals surface area contributed by atoms with Crippen LogP contribution in [0.2, 0.25) is 0 Å². The summed E-state index contributed by atoms with van der Waals surface area (Å²) >= 11 is 3.42. The van der Waals surface area contributed by atoms with Gasteiger partial charge in [0.25, 0.3) is 5.91 Å². The third kappa shape index (κ3) is 4.33. The molecule has 0 fully saturated rings. The number of urea groups is 1. The van der Waals surface area contributed by atoms with Crippen LogP contribution in [0.4, 0.5) is 10.5 Å². The van der Waals surface area contributed by atoms with Gasteiger partial charge in [-0.3, -0.25) is 4.79 Å². The monoisotopic (exact) mass is 361 g/mol. The fourth-order valence-corrected chi connectivity index (χ4v) is 2.14. The highest BCUT2D eigenvalue weighted by Crippen LogP contribution is 2.20. The van der Waals surface area contributed by atoms with E-state index in [9.17, 15) is 9.59 Å². The molecule has 22 heavy (non-hydrogen) atoms. The highest BCUT2D eigenvalue weighted by molar-refractivity contribution is 9.10. The number of carbonyl (C=O) groups is 2. The van der Waals surface area contributed by atoms with E-state index in [2.05, 4.69) is 26.6 Å². The maximum Gasteiger partial charge on any atom is 0.312 e. The van der Waals surface area contributed by atoms with Gasteiger partial charge in [-0.15, -0.1) is 0 Å². The van der Waals surface area contributed by atoms with Crippen molar-refractivity contribution in [2.45, 2.75) is 13.5 Å². The Kier molecular flexibility index (Phi) is 5.16. The zero-order chi connectivity index (χ0) is 16.1. The van der Waals surface area contributed by atoms with Gasteiger partial charge in [-0.2, -0.15) is 0 Å². The van der Waals surface area contributed by atoms with Crippen LogP contribution in [0.1, 0.15) is 21.5 Å². The van der Waals surface area contributed by atoms with Gasteiger partial charge in [0, 0.05) is 22.3 Å². The fraction of sp³-hybridized carbons (Fsp3) is 0.125. The van der Waals surface area contributed by atoms with E-state index in [0.717, 1.165) is 21.3 Å². The molecule has 0 spiro atoms. The summed E-state index contributed by atoms with van der Waals surface area (Å²) in [7, 11) is 0. The van der Waals surface area contributed by atoms with Gasteiger partial charge in [0.1, 0.15) is 0 Å². The lowest BCUT2D eigenvalue weighted by atomic mass is 10.1. The number of hydrogen-bond donors (Lipinski definition) is 3. The van der Waals surface area contributed by atoms with Gasteiger partial charge >= 0.3 is 6.03 Å². The molecule has 5 nitrogen and oxygen atoms in total. The first-order valence-electron chi connectivity index (χ1n) is 6.65. The van der Waals surface area contributed by atoms with Gasteiger partial charge in [-0.1, -0.05) is 28.1 Å². The molecular formula is C16H16BrN3O2. The van der Waals surface area contributed by atoms with Crippen molar-refractivity contribution in [1.29, 1.82) is 0 Å². The number of aryl methyl sites for hydroxylation is 1. The van der Waals surface area contributed by atoms with Crippen LogP contribution in [0.15, 0.2) is 46.9 Å². The predicted octanol–water partition coefficient (Wildman–Crippen LogP) is 3.18. The van der Waals surface area contributed by atoms with Crippen molar-refractivity contribution in [1.82, 2.24) is 5.32 Å². The van der Waals surface area contributed by atoms with Gasteiger partial charge in [0.2, 0.25) is 0 Å². The van der Waals surface area contributed by atoms with Crippen molar-refractivity contribution in [3.63, 3.8) is 0 Å². The Labute approximate surface area is 137 Å². The van der Waals surface area contributed by atoms with E-state index in [1.165, 1.54) is 0 Å². The molecule has 114 valence electrons. The van der Waals surface area contributed by atoms with E-state index in [1.54, 1.807) is 24.3 Å². The molecule has 4 N–H and O–H groups in total. The highest BCUT2D eigenvalue weighted by Gasteiger charge is 2.07. The molecule has 6 heteroatoms. The number of rotatable bonds is 4. The molecule has 0 radical (unpaired) electrons. The smallest absolute Gasteiger partial charge is 0.312 e. The van der Waals surface area contributed by atoms with Crippen LogP contribution < -0.4 is 16.4 Å². The van der Waals surface area contributed by atoms with Gasteiger partial charge in [-0.25, -0.2) is 4.79 Å². The average molecular weight is 362 g/mol. The highest BCUT2D eigenvalue weighted by atomic mass is 79.9. The topological polar surface area (TPSA) is 84.2 Å². The fourth-order valence-electron chi connectivity index (χ4n) is 1.89. The van der Waals surface area contributed by atoms with Crippen molar-refractivity contribution in [3.8, 4) is 0 Å². The Morgan fingerprint density at radius 2 is 1.82 bits per heavy atom. The molecular weight excluding hydrogens is 346 g/mol. The zero-order valence-corrected chi connectivity index (χ0v) is 13.6. The van der Waals surface area contributed by atoms with Crippen molar-refractivity contribution in [2.75, 3.05) is 5.32 Å². The summed E-state index contributed by atoms with van der Waals surface area (Å²) in [5, 5.41) is 5.34. The van der Waals surface area contributed by atoms with Crippen LogP contribution >= 0.6 is 15.9 Å². The molecule has 2 aromatic rings. The summed E-state index contributed by atoms with van der Waals surface area (Å²) < 4.78 is 0.997. The predicted molar refractivity (Wildman–Crippen MR) is 89.7 cm³/mol. The Morgan fingerprint density at radius 1 is 1.14 bits per heavy atom. The van der Waals surface area contributed by atoms with E-state index in [4.69, 9.17) is 5.73 Å². The third-order valence-corrected chi connectivity index (χ3v) is 3.99. The molecule has 2 rings (SSSR count). The van der Waals surface area contributed by atoms with Gasteiger partial charge in [0.15, 0.2) is 0 Å². The van der Waals surface area contributed by atoms with E-state index >= 15 is 0 Å². The molecule has 0 unspecified atom stereocenters. The standard InChI is InChI=1S/C16H16BrN3O2/c1-10-8-13(6-7-14(10)17)20-15(21)12-4-2-11(3-5-12)9-19-16(18)22/h2-8H,9H2,1H3,(H,20,21)(H3,18,19,22). The lowest BCUT2D eigenvalue weighted by molar-refractivity contribution is 0.102. The van der Waals surface area contributed by atoms with Crippen LogP contribution in [0.25, 0.3) is 0 Å². The van der Waals surface area contributed by atoms with E-state index in [-0.39, 0.29) is 5.91 Å². The summed E-state index contributed by atoms with van der Waals surface area (Å²) in [6.45, 7) is 2.30. The minimum absolute atomic E-state index is 0.184. The molecule has 3 amide bonds. The molecule has 0 saturated heterocycles. The maximum atomic E-state index is 12.2. The number of benzene rings is 2. The second-order valence-electron chi connectivity index (χ2n) is 4.83. The number of anilines is 1. The van der Waals surface area contributed by atoms with E-state index in [0.29, 0.717) is 12.1 Å². The second-order valence-corrected chi connectivity index (χ2v) is 5.69. The molecule has 0 atom stereocenters. The number of primary amides is 1. The number of carbonyl (C=O) groups excluding carboxylic acids is 2. The van der Waals surface area contributed by atoms with Gasteiger partial charge in [0.05, 0.1) is 0 Å². The summed E-state index contributed by atoms with van der Waals surface area (Å²) in [6.07, 6.45) is 0. The number of nitrogens with two attached hydrogens (primary N) is 1.